The Balaban J connectivity index is 0.00000741. The summed E-state index contributed by atoms with van der Waals surface area (Å²) in [7, 11) is -57.9. The molecule has 7 rings (SSSR count). The molecule has 0 saturated heterocycles. The van der Waals surface area contributed by atoms with E-state index in [-0.39, 0.29) is 48.0 Å². The molecule has 0 radical (unpaired) electrons. The molecule has 3 aromatic heterocycles. The Morgan fingerprint density at radius 2 is 0.896 bits per heavy atom. The summed E-state index contributed by atoms with van der Waals surface area (Å²) in [6, 6.07) is 7.40. The molecule has 5 heterocycles. The molecule has 3 aliphatic rings. The third kappa shape index (κ3) is 8.99. The van der Waals surface area contributed by atoms with Gasteiger partial charge in [0.15, 0.2) is 10.00 Å². The second-order valence-corrected chi connectivity index (χ2v) is 25.1. The first-order chi connectivity index (χ1) is 29.8. The molecule has 1 aromatic carbocycles. The molecule has 67 heavy (non-hydrogen) atoms. The van der Waals surface area contributed by atoms with Crippen molar-refractivity contribution in [3.63, 3.8) is 0 Å². The molecule has 10 N–H and O–H groups in total. The molecule has 2 aliphatic heterocycles. The Labute approximate surface area is 389 Å². The van der Waals surface area contributed by atoms with E-state index in [0.29, 0.717) is 11.8 Å². The van der Waals surface area contributed by atoms with Crippen molar-refractivity contribution < 1.29 is 123 Å². The average Bonchev–Trinajstić information content (AvgIpc) is 3.92. The molecular formula is C30H22N4O24S8Zn. The zero-order valence-corrected chi connectivity index (χ0v) is 41.4. The van der Waals surface area contributed by atoms with Gasteiger partial charge in [-0.1, -0.05) is 0 Å². The Morgan fingerprint density at radius 3 is 1.31 bits per heavy atom. The summed E-state index contributed by atoms with van der Waals surface area (Å²) in [5.41, 5.74) is -9.28. The SMILES string of the molecule is O=S(=O)(O)C1=C(S(=O)(=O)O)C(S(=O)(=O)O)C(c2cc3cc4ccc(cc5nc(cc6nc(cc2[nH]3)C=C6)C=C5)[nH]4)(S(=O)(=O)O)c2c1c(S(=O)(=O)O)c(S(=O)(=O)O)c(S(=O)(=O)O)c2S(=O)(=O)O.[Zn]. The molecule has 356 valence electrons. The van der Waals surface area contributed by atoms with Gasteiger partial charge >= 0.3 is 0 Å². The predicted octanol–water partition coefficient (Wildman–Crippen LogP) is 0.486. The summed E-state index contributed by atoms with van der Waals surface area (Å²) >= 11 is 0. The van der Waals surface area contributed by atoms with Gasteiger partial charge in [0.25, 0.3) is 80.9 Å². The Morgan fingerprint density at radius 1 is 0.463 bits per heavy atom. The van der Waals surface area contributed by atoms with E-state index in [1.165, 1.54) is 36.4 Å². The summed E-state index contributed by atoms with van der Waals surface area (Å²) in [5.74, 6) is 0. The minimum atomic E-state index is -7.46. The Bertz CT molecular complexity index is 4160. The standard InChI is InChI=1S/C30H22N4O24S8.Zn/c35-59(36,37)23-21-22(25(61(41,42)43)27(63(47,48)49)26(23)62(44,45)46)30(66(56,57)58,29(65(53,54)55)28(64(50,51)52)24(21)60(38,39)40)19-10-18-9-16-4-3-14(32-16)7-12-1-2-13(31-12)8-15-5-6-17(33-15)11-20(19)34-18;/h1-11,29,32,34H,(H,35,36,37)(H,38,39,40)(H,41,42,43)(H,44,45,46)(H,47,48,49)(H,50,51,52)(H,53,54,55)(H,56,57,58);. The van der Waals surface area contributed by atoms with Crippen molar-refractivity contribution in [1.29, 1.82) is 0 Å². The summed E-state index contributed by atoms with van der Waals surface area (Å²) in [5, 5.41) is -4.74. The van der Waals surface area contributed by atoms with Crippen molar-refractivity contribution in [2.45, 2.75) is 29.6 Å². The van der Waals surface area contributed by atoms with Crippen LogP contribution < -0.4 is 0 Å². The van der Waals surface area contributed by atoms with Crippen molar-refractivity contribution in [2.24, 2.45) is 0 Å². The number of nitrogens with zero attached hydrogens (tertiary/aromatic N) is 2. The summed E-state index contributed by atoms with van der Waals surface area (Å²) < 4.78 is 296. The number of hydrogen-bond donors (Lipinski definition) is 10. The molecule has 28 nitrogen and oxygen atoms in total. The first-order valence-electron chi connectivity index (χ1n) is 16.6. The van der Waals surface area contributed by atoms with Crippen LogP contribution in [0.15, 0.2) is 67.0 Å². The van der Waals surface area contributed by atoms with Crippen LogP contribution >= 0.6 is 0 Å². The molecule has 2 unspecified atom stereocenters. The zero-order valence-electron chi connectivity index (χ0n) is 31.9. The average molecular weight is 1140 g/mol. The van der Waals surface area contributed by atoms with E-state index in [9.17, 15) is 104 Å². The molecule has 1 aliphatic carbocycles. The number of rotatable bonds is 9. The maximum absolute atomic E-state index is 14.5. The van der Waals surface area contributed by atoms with Crippen molar-refractivity contribution in [1.82, 2.24) is 19.9 Å². The minimum absolute atomic E-state index is 0. The van der Waals surface area contributed by atoms with Gasteiger partial charge in [-0.2, -0.15) is 67.3 Å². The summed E-state index contributed by atoms with van der Waals surface area (Å²) in [4.78, 5) is -5.83. The van der Waals surface area contributed by atoms with Crippen LogP contribution in [-0.2, 0) is 105 Å². The van der Waals surface area contributed by atoms with Gasteiger partial charge in [0, 0.05) is 58.2 Å². The molecule has 8 bridgehead atoms. The van der Waals surface area contributed by atoms with Crippen LogP contribution in [0.3, 0.4) is 0 Å². The molecule has 0 fully saturated rings. The van der Waals surface area contributed by atoms with Gasteiger partial charge in [-0.25, -0.2) is 9.97 Å². The van der Waals surface area contributed by atoms with E-state index in [2.05, 4.69) is 19.9 Å². The number of benzene rings is 1. The number of aromatic nitrogens is 4. The van der Waals surface area contributed by atoms with Gasteiger partial charge in [0.1, 0.15) is 29.4 Å². The first kappa shape index (κ1) is 51.8. The third-order valence-electron chi connectivity index (χ3n) is 9.59. The van der Waals surface area contributed by atoms with E-state index in [1.807, 2.05) is 0 Å². The van der Waals surface area contributed by atoms with Crippen molar-refractivity contribution in [3.05, 3.63) is 86.8 Å². The van der Waals surface area contributed by atoms with Crippen molar-refractivity contribution >= 4 is 132 Å². The number of H-pyrrole nitrogens is 2. The topological polar surface area (TPSA) is 492 Å². The molecule has 37 heteroatoms. The molecule has 0 saturated carbocycles. The van der Waals surface area contributed by atoms with Crippen LogP contribution in [0.5, 0.6) is 0 Å². The molecule has 2 atom stereocenters. The van der Waals surface area contributed by atoms with Crippen LogP contribution in [0.1, 0.15) is 39.5 Å². The van der Waals surface area contributed by atoms with Crippen LogP contribution in [0.25, 0.3) is 51.3 Å². The molecular weight excluding hydrogens is 1120 g/mol. The third-order valence-corrected chi connectivity index (χ3v) is 18.7. The molecule has 0 spiro atoms. The summed E-state index contributed by atoms with van der Waals surface area (Å²) in [6.45, 7) is 0. The number of nitrogens with one attached hydrogen (secondary N) is 2. The summed E-state index contributed by atoms with van der Waals surface area (Å²) in [6.07, 6.45) is 5.46. The molecule has 4 aromatic rings. The van der Waals surface area contributed by atoms with Gasteiger partial charge in [-0.05, 0) is 66.8 Å². The van der Waals surface area contributed by atoms with E-state index in [4.69, 9.17) is 0 Å². The maximum Gasteiger partial charge on any atom is 0.297 e. The fourth-order valence-corrected chi connectivity index (χ4v) is 19.0. The smallest absolute Gasteiger partial charge is 0.297 e. The Hall–Kier alpha value is -4.54. The number of hydrogen-bond acceptors (Lipinski definition) is 18. The second kappa shape index (κ2) is 16.0. The van der Waals surface area contributed by atoms with E-state index >= 15 is 0 Å². The van der Waals surface area contributed by atoms with Crippen LogP contribution in [-0.4, -0.2) is 129 Å². The van der Waals surface area contributed by atoms with Gasteiger partial charge in [-0.15, -0.1) is 0 Å². The largest absolute Gasteiger partial charge is 0.355 e. The number of aromatic amines is 2. The quantitative estimate of drug-likeness (QED) is 0.0695. The van der Waals surface area contributed by atoms with Crippen LogP contribution in [0.2, 0.25) is 0 Å². The fourth-order valence-electron chi connectivity index (χ4n) is 7.61. The normalized spacial score (nSPS) is 18.4. The van der Waals surface area contributed by atoms with Crippen molar-refractivity contribution in [2.75, 3.05) is 0 Å². The maximum atomic E-state index is 14.5. The van der Waals surface area contributed by atoms with E-state index in [1.54, 1.807) is 6.08 Å². The van der Waals surface area contributed by atoms with Crippen molar-refractivity contribution in [3.8, 4) is 0 Å². The monoisotopic (exact) mass is 1140 g/mol. The van der Waals surface area contributed by atoms with E-state index in [0.717, 1.165) is 12.1 Å². The van der Waals surface area contributed by atoms with Crippen LogP contribution in [0.4, 0.5) is 0 Å². The first-order valence-corrected chi connectivity index (χ1v) is 28.2. The zero-order chi connectivity index (χ0) is 49.5. The second-order valence-electron chi connectivity index (χ2n) is 13.8. The van der Waals surface area contributed by atoms with Gasteiger partial charge in [0.2, 0.25) is 0 Å². The van der Waals surface area contributed by atoms with Crippen LogP contribution in [0, 0.1) is 0 Å². The van der Waals surface area contributed by atoms with E-state index < -0.39 is 154 Å². The minimum Gasteiger partial charge on any atom is -0.355 e. The van der Waals surface area contributed by atoms with Gasteiger partial charge in [0.05, 0.1) is 22.8 Å². The Kier molecular flexibility index (Phi) is 12.4. The number of fused-ring (bicyclic) bond motifs is 9. The predicted molar refractivity (Wildman–Crippen MR) is 222 cm³/mol. The fraction of sp³-hybridized carbons (Fsp3) is 0.0667. The van der Waals surface area contributed by atoms with Gasteiger partial charge in [-0.3, -0.25) is 36.4 Å². The van der Waals surface area contributed by atoms with Gasteiger partial charge < -0.3 is 9.97 Å². The molecule has 0 amide bonds.